The highest BCUT2D eigenvalue weighted by Crippen LogP contribution is 2.32. The number of hydrogen-bond donors (Lipinski definition) is 0. The standard InChI is InChI=1S/C22H25N3O4S2/c1-3-4-13-24(2)31(27,28)18-11-9-16(10-12-18)21(26)29-17-14-25(15-17)22-23-19-7-5-6-8-20(19)30-22/h5-12,17H,3-4,13-15H2,1-2H3. The van der Waals surface area contributed by atoms with Crippen LogP contribution in [-0.2, 0) is 14.8 Å². The maximum Gasteiger partial charge on any atom is 0.338 e. The van der Waals surface area contributed by atoms with Crippen LogP contribution in [0.1, 0.15) is 30.1 Å². The van der Waals surface area contributed by atoms with Gasteiger partial charge < -0.3 is 9.64 Å². The molecule has 3 aromatic rings. The molecule has 2 aromatic carbocycles. The normalized spacial score (nSPS) is 14.7. The van der Waals surface area contributed by atoms with Gasteiger partial charge in [-0.1, -0.05) is 36.8 Å². The van der Waals surface area contributed by atoms with Gasteiger partial charge in [-0.25, -0.2) is 22.5 Å². The van der Waals surface area contributed by atoms with Gasteiger partial charge in [0.15, 0.2) is 5.13 Å². The van der Waals surface area contributed by atoms with Crippen molar-refractivity contribution in [2.45, 2.75) is 30.8 Å². The Kier molecular flexibility index (Phi) is 6.27. The van der Waals surface area contributed by atoms with Crippen molar-refractivity contribution in [3.8, 4) is 0 Å². The molecule has 0 unspecified atom stereocenters. The van der Waals surface area contributed by atoms with E-state index in [1.54, 1.807) is 18.4 Å². The van der Waals surface area contributed by atoms with Gasteiger partial charge in [-0.15, -0.1) is 0 Å². The second kappa shape index (κ2) is 8.94. The van der Waals surface area contributed by atoms with Gasteiger partial charge >= 0.3 is 5.97 Å². The zero-order valence-corrected chi connectivity index (χ0v) is 19.2. The Morgan fingerprint density at radius 1 is 1.19 bits per heavy atom. The predicted octanol–water partition coefficient (Wildman–Crippen LogP) is 3.76. The van der Waals surface area contributed by atoms with E-state index >= 15 is 0 Å². The third-order valence-corrected chi connectivity index (χ3v) is 8.27. The fourth-order valence-electron chi connectivity index (χ4n) is 3.33. The number of aromatic nitrogens is 1. The van der Waals surface area contributed by atoms with Gasteiger partial charge in [0, 0.05) is 13.6 Å². The van der Waals surface area contributed by atoms with Crippen LogP contribution in [0, 0.1) is 0 Å². The first-order valence-corrected chi connectivity index (χ1v) is 12.5. The molecule has 7 nitrogen and oxygen atoms in total. The summed E-state index contributed by atoms with van der Waals surface area (Å²) in [4.78, 5) is 19.3. The topological polar surface area (TPSA) is 79.8 Å². The predicted molar refractivity (Wildman–Crippen MR) is 122 cm³/mol. The fourth-order valence-corrected chi connectivity index (χ4v) is 5.52. The van der Waals surface area contributed by atoms with Gasteiger partial charge in [0.2, 0.25) is 10.0 Å². The summed E-state index contributed by atoms with van der Waals surface area (Å²) in [7, 11) is -1.98. The highest BCUT2D eigenvalue weighted by molar-refractivity contribution is 7.89. The number of fused-ring (bicyclic) bond motifs is 1. The van der Waals surface area contributed by atoms with Crippen molar-refractivity contribution in [3.63, 3.8) is 0 Å². The van der Waals surface area contributed by atoms with E-state index in [0.29, 0.717) is 25.2 Å². The number of rotatable bonds is 8. The molecule has 2 heterocycles. The number of thiazole rings is 1. The lowest BCUT2D eigenvalue weighted by atomic mass is 10.2. The molecule has 31 heavy (non-hydrogen) atoms. The average Bonchev–Trinajstić information content (AvgIpc) is 3.17. The number of nitrogens with zero attached hydrogens (tertiary/aromatic N) is 3. The van der Waals surface area contributed by atoms with Crippen molar-refractivity contribution in [1.82, 2.24) is 9.29 Å². The molecule has 0 saturated carbocycles. The lowest BCUT2D eigenvalue weighted by molar-refractivity contribution is 0.0234. The van der Waals surface area contributed by atoms with Crippen LogP contribution in [0.5, 0.6) is 0 Å². The van der Waals surface area contributed by atoms with Crippen molar-refractivity contribution in [2.75, 3.05) is 31.6 Å². The molecule has 1 aromatic heterocycles. The summed E-state index contributed by atoms with van der Waals surface area (Å²) >= 11 is 1.62. The summed E-state index contributed by atoms with van der Waals surface area (Å²) < 4.78 is 33.2. The fraction of sp³-hybridized carbons (Fsp3) is 0.364. The summed E-state index contributed by atoms with van der Waals surface area (Å²) in [5.74, 6) is -0.447. The first-order chi connectivity index (χ1) is 14.9. The van der Waals surface area contributed by atoms with Gasteiger partial charge in [-0.3, -0.25) is 0 Å². The molecule has 0 aliphatic carbocycles. The van der Waals surface area contributed by atoms with E-state index in [2.05, 4.69) is 9.88 Å². The van der Waals surface area contributed by atoms with E-state index in [1.165, 1.54) is 28.6 Å². The van der Waals surface area contributed by atoms with Crippen LogP contribution in [0.4, 0.5) is 5.13 Å². The van der Waals surface area contributed by atoms with Crippen molar-refractivity contribution in [1.29, 1.82) is 0 Å². The molecule has 0 atom stereocenters. The number of benzene rings is 2. The monoisotopic (exact) mass is 459 g/mol. The third kappa shape index (κ3) is 4.58. The van der Waals surface area contributed by atoms with Gasteiger partial charge in [-0.2, -0.15) is 0 Å². The third-order valence-electron chi connectivity index (χ3n) is 5.30. The first kappa shape index (κ1) is 21.7. The molecular formula is C22H25N3O4S2. The molecule has 164 valence electrons. The number of anilines is 1. The molecule has 1 aliphatic heterocycles. The number of esters is 1. The zero-order valence-electron chi connectivity index (χ0n) is 17.5. The lowest BCUT2D eigenvalue weighted by Gasteiger charge is -2.38. The second-order valence-corrected chi connectivity index (χ2v) is 10.7. The smallest absolute Gasteiger partial charge is 0.338 e. The van der Waals surface area contributed by atoms with Gasteiger partial charge in [0.05, 0.1) is 33.8 Å². The summed E-state index contributed by atoms with van der Waals surface area (Å²) in [5.41, 5.74) is 1.31. The van der Waals surface area contributed by atoms with Crippen molar-refractivity contribution < 1.29 is 17.9 Å². The minimum Gasteiger partial charge on any atom is -0.455 e. The van der Waals surface area contributed by atoms with Gasteiger partial charge in [-0.05, 0) is 42.8 Å². The Bertz CT molecular complexity index is 1140. The number of unbranched alkanes of at least 4 members (excludes halogenated alkanes) is 1. The van der Waals surface area contributed by atoms with Crippen LogP contribution in [0.3, 0.4) is 0 Å². The second-order valence-electron chi connectivity index (χ2n) is 7.60. The number of para-hydroxylation sites is 1. The van der Waals surface area contributed by atoms with Crippen LogP contribution >= 0.6 is 11.3 Å². The summed E-state index contributed by atoms with van der Waals surface area (Å²) in [6.07, 6.45) is 1.51. The van der Waals surface area contributed by atoms with E-state index in [-0.39, 0.29) is 11.0 Å². The summed E-state index contributed by atoms with van der Waals surface area (Å²) in [5, 5.41) is 0.926. The molecule has 0 radical (unpaired) electrons. The van der Waals surface area contributed by atoms with Crippen LogP contribution in [0.2, 0.25) is 0 Å². The maximum atomic E-state index is 12.6. The Morgan fingerprint density at radius 3 is 2.58 bits per heavy atom. The molecule has 1 aliphatic rings. The van der Waals surface area contributed by atoms with E-state index in [9.17, 15) is 13.2 Å². The Hall–Kier alpha value is -2.49. The van der Waals surface area contributed by atoms with E-state index in [0.717, 1.165) is 28.2 Å². The highest BCUT2D eigenvalue weighted by Gasteiger charge is 2.32. The van der Waals surface area contributed by atoms with E-state index in [1.807, 2.05) is 31.2 Å². The zero-order chi connectivity index (χ0) is 22.0. The van der Waals surface area contributed by atoms with E-state index in [4.69, 9.17) is 4.74 Å². The number of hydrogen-bond acceptors (Lipinski definition) is 7. The Balaban J connectivity index is 1.33. The quantitative estimate of drug-likeness (QED) is 0.477. The lowest BCUT2D eigenvalue weighted by Crippen LogP contribution is -2.53. The maximum absolute atomic E-state index is 12.6. The molecule has 0 bridgehead atoms. The van der Waals surface area contributed by atoms with Gasteiger partial charge in [0.1, 0.15) is 6.10 Å². The minimum atomic E-state index is -3.55. The molecule has 9 heteroatoms. The molecule has 1 fully saturated rings. The largest absolute Gasteiger partial charge is 0.455 e. The average molecular weight is 460 g/mol. The molecule has 0 N–H and O–H groups in total. The molecule has 0 amide bonds. The number of sulfonamides is 1. The Morgan fingerprint density at radius 2 is 1.90 bits per heavy atom. The number of ether oxygens (including phenoxy) is 1. The van der Waals surface area contributed by atoms with Crippen LogP contribution in [-0.4, -0.2) is 56.5 Å². The SMILES string of the molecule is CCCCN(C)S(=O)(=O)c1ccc(C(=O)OC2CN(c3nc4ccccc4s3)C2)cc1. The Labute approximate surface area is 186 Å². The van der Waals surface area contributed by atoms with Gasteiger partial charge in [0.25, 0.3) is 0 Å². The molecule has 1 saturated heterocycles. The molecular weight excluding hydrogens is 434 g/mol. The molecule has 4 rings (SSSR count). The van der Waals surface area contributed by atoms with Crippen LogP contribution < -0.4 is 4.90 Å². The summed E-state index contributed by atoms with van der Waals surface area (Å²) in [6, 6.07) is 13.9. The summed E-state index contributed by atoms with van der Waals surface area (Å²) in [6.45, 7) is 3.68. The van der Waals surface area contributed by atoms with Crippen molar-refractivity contribution in [3.05, 3.63) is 54.1 Å². The van der Waals surface area contributed by atoms with Crippen molar-refractivity contribution >= 4 is 42.7 Å². The number of carbonyl (C=O) groups is 1. The van der Waals surface area contributed by atoms with Crippen LogP contribution in [0.25, 0.3) is 10.2 Å². The van der Waals surface area contributed by atoms with Crippen molar-refractivity contribution in [2.24, 2.45) is 0 Å². The number of carbonyl (C=O) groups excluding carboxylic acids is 1. The highest BCUT2D eigenvalue weighted by atomic mass is 32.2. The minimum absolute atomic E-state index is 0.174. The first-order valence-electron chi connectivity index (χ1n) is 10.3. The van der Waals surface area contributed by atoms with Crippen LogP contribution in [0.15, 0.2) is 53.4 Å². The molecule has 0 spiro atoms. The van der Waals surface area contributed by atoms with E-state index < -0.39 is 16.0 Å².